The van der Waals surface area contributed by atoms with E-state index in [2.05, 4.69) is 15.5 Å². The van der Waals surface area contributed by atoms with E-state index in [0.717, 1.165) is 18.5 Å². The van der Waals surface area contributed by atoms with E-state index in [1.165, 1.54) is 0 Å². The van der Waals surface area contributed by atoms with Crippen molar-refractivity contribution in [2.45, 2.75) is 38.1 Å². The van der Waals surface area contributed by atoms with E-state index in [9.17, 15) is 9.90 Å². The van der Waals surface area contributed by atoms with Gasteiger partial charge in [0.25, 0.3) is 5.91 Å². The van der Waals surface area contributed by atoms with Crippen LogP contribution < -0.4 is 5.32 Å². The molecule has 1 fully saturated rings. The number of aromatic nitrogens is 4. The molecule has 0 spiro atoms. The zero-order valence-corrected chi connectivity index (χ0v) is 15.0. The molecule has 0 bridgehead atoms. The second-order valence-electron chi connectivity index (χ2n) is 7.07. The molecular weight excluding hydrogens is 342 g/mol. The minimum absolute atomic E-state index is 0.151. The summed E-state index contributed by atoms with van der Waals surface area (Å²) in [5, 5.41) is 21.9. The summed E-state index contributed by atoms with van der Waals surface area (Å²) in [6.07, 6.45) is 8.14. The molecule has 1 aliphatic rings. The van der Waals surface area contributed by atoms with Crippen molar-refractivity contribution in [3.05, 3.63) is 72.3 Å². The molecule has 1 saturated carbocycles. The second kappa shape index (κ2) is 7.75. The van der Waals surface area contributed by atoms with Crippen LogP contribution in [0.3, 0.4) is 0 Å². The lowest BCUT2D eigenvalue weighted by Crippen LogP contribution is -2.40. The summed E-state index contributed by atoms with van der Waals surface area (Å²) in [5.41, 5.74) is 1.52. The number of rotatable bonds is 6. The quantitative estimate of drug-likeness (QED) is 0.696. The smallest absolute Gasteiger partial charge is 0.251 e. The Labute approximate surface area is 157 Å². The number of hydrogen-bond acceptors (Lipinski definition) is 4. The van der Waals surface area contributed by atoms with E-state index >= 15 is 0 Å². The molecule has 1 aliphatic carbocycles. The van der Waals surface area contributed by atoms with E-state index < -0.39 is 6.10 Å². The highest BCUT2D eigenvalue weighted by atomic mass is 16.3. The van der Waals surface area contributed by atoms with Crippen molar-refractivity contribution in [1.82, 2.24) is 24.9 Å². The summed E-state index contributed by atoms with van der Waals surface area (Å²) < 4.78 is 3.66. The van der Waals surface area contributed by atoms with Crippen molar-refractivity contribution in [1.29, 1.82) is 0 Å². The molecule has 140 valence electrons. The summed E-state index contributed by atoms with van der Waals surface area (Å²) in [5.74, 6) is 0.145. The first-order chi connectivity index (χ1) is 13.2. The molecule has 2 N–H and O–H groups in total. The van der Waals surface area contributed by atoms with Crippen LogP contribution in [0.15, 0.2) is 61.2 Å². The normalized spacial score (nSPS) is 22.0. The number of nitrogens with one attached hydrogen (secondary N) is 1. The largest absolute Gasteiger partial charge is 0.391 e. The highest BCUT2D eigenvalue weighted by Gasteiger charge is 2.34. The number of nitrogens with zero attached hydrogens (tertiary/aromatic N) is 4. The van der Waals surface area contributed by atoms with Crippen molar-refractivity contribution in [2.75, 3.05) is 0 Å². The first-order valence-electron chi connectivity index (χ1n) is 9.21. The lowest BCUT2D eigenvalue weighted by atomic mass is 10.1. The summed E-state index contributed by atoms with van der Waals surface area (Å²) in [6.45, 7) is 1.29. The average molecular weight is 365 g/mol. The van der Waals surface area contributed by atoms with Crippen LogP contribution in [0.4, 0.5) is 0 Å². The monoisotopic (exact) mass is 365 g/mol. The van der Waals surface area contributed by atoms with Crippen molar-refractivity contribution in [2.24, 2.45) is 5.92 Å². The average Bonchev–Trinajstić information content (AvgIpc) is 3.40. The van der Waals surface area contributed by atoms with Crippen molar-refractivity contribution >= 4 is 5.91 Å². The van der Waals surface area contributed by atoms with Crippen LogP contribution in [0.5, 0.6) is 0 Å². The van der Waals surface area contributed by atoms with Crippen LogP contribution in [0, 0.1) is 5.92 Å². The molecule has 0 saturated heterocycles. The van der Waals surface area contributed by atoms with Crippen LogP contribution in [-0.4, -0.2) is 42.7 Å². The van der Waals surface area contributed by atoms with E-state index in [-0.39, 0.29) is 11.9 Å². The van der Waals surface area contributed by atoms with E-state index in [4.69, 9.17) is 0 Å². The molecule has 3 atom stereocenters. The number of carbonyl (C=O) groups is 1. The van der Waals surface area contributed by atoms with E-state index in [1.54, 1.807) is 17.1 Å². The van der Waals surface area contributed by atoms with Crippen molar-refractivity contribution < 1.29 is 9.90 Å². The van der Waals surface area contributed by atoms with Crippen molar-refractivity contribution in [3.63, 3.8) is 0 Å². The predicted octanol–water partition coefficient (Wildman–Crippen LogP) is 1.70. The van der Waals surface area contributed by atoms with Gasteiger partial charge in [-0.05, 0) is 42.5 Å². The summed E-state index contributed by atoms with van der Waals surface area (Å²) in [6, 6.07) is 11.0. The molecule has 2 heterocycles. The van der Waals surface area contributed by atoms with E-state index in [0.29, 0.717) is 24.4 Å². The third kappa shape index (κ3) is 4.09. The van der Waals surface area contributed by atoms with Gasteiger partial charge in [0.15, 0.2) is 0 Å². The Morgan fingerprint density at radius 3 is 2.56 bits per heavy atom. The molecule has 2 aromatic heterocycles. The zero-order chi connectivity index (χ0) is 18.6. The van der Waals surface area contributed by atoms with Gasteiger partial charge in [0.05, 0.1) is 18.7 Å². The molecular formula is C20H23N5O2. The Kier molecular flexibility index (Phi) is 5.02. The molecule has 1 aromatic carbocycles. The zero-order valence-electron chi connectivity index (χ0n) is 15.0. The first-order valence-corrected chi connectivity index (χ1v) is 9.21. The van der Waals surface area contributed by atoms with Crippen molar-refractivity contribution in [3.8, 4) is 0 Å². The lowest BCUT2D eigenvalue weighted by Gasteiger charge is -2.18. The summed E-state index contributed by atoms with van der Waals surface area (Å²) in [4.78, 5) is 12.8. The highest BCUT2D eigenvalue weighted by Crippen LogP contribution is 2.28. The predicted molar refractivity (Wildman–Crippen MR) is 100.0 cm³/mol. The minimum Gasteiger partial charge on any atom is -0.391 e. The number of amides is 1. The SMILES string of the molecule is O=C(N[C@@H]1CC(Cn2cccn2)C[C@H]1O)c1ccccc1Cn1cccn1. The summed E-state index contributed by atoms with van der Waals surface area (Å²) in [7, 11) is 0. The number of benzene rings is 1. The van der Waals surface area contributed by atoms with Crippen LogP contribution in [-0.2, 0) is 13.1 Å². The number of aliphatic hydroxyl groups is 1. The van der Waals surface area contributed by atoms with Gasteiger partial charge in [0, 0.05) is 36.9 Å². The van der Waals surface area contributed by atoms with Crippen LogP contribution in [0.2, 0.25) is 0 Å². The second-order valence-corrected chi connectivity index (χ2v) is 7.07. The third-order valence-electron chi connectivity index (χ3n) is 5.10. The van der Waals surface area contributed by atoms with Gasteiger partial charge < -0.3 is 10.4 Å². The fraction of sp³-hybridized carbons (Fsp3) is 0.350. The molecule has 0 aliphatic heterocycles. The molecule has 7 heteroatoms. The molecule has 27 heavy (non-hydrogen) atoms. The molecule has 4 rings (SSSR count). The maximum Gasteiger partial charge on any atom is 0.251 e. The Morgan fingerprint density at radius 2 is 1.81 bits per heavy atom. The molecule has 1 unspecified atom stereocenters. The van der Waals surface area contributed by atoms with Crippen LogP contribution in [0.1, 0.15) is 28.8 Å². The van der Waals surface area contributed by atoms with Gasteiger partial charge in [-0.1, -0.05) is 18.2 Å². The fourth-order valence-electron chi connectivity index (χ4n) is 3.79. The third-order valence-corrected chi connectivity index (χ3v) is 5.10. The molecule has 3 aromatic rings. The number of hydrogen-bond donors (Lipinski definition) is 2. The number of aliphatic hydroxyl groups excluding tert-OH is 1. The highest BCUT2D eigenvalue weighted by molar-refractivity contribution is 5.95. The van der Waals surface area contributed by atoms with E-state index in [1.807, 2.05) is 53.5 Å². The molecule has 7 nitrogen and oxygen atoms in total. The van der Waals surface area contributed by atoms with Crippen LogP contribution >= 0.6 is 0 Å². The Bertz CT molecular complexity index is 876. The van der Waals surface area contributed by atoms with Crippen LogP contribution in [0.25, 0.3) is 0 Å². The Hall–Kier alpha value is -2.93. The lowest BCUT2D eigenvalue weighted by molar-refractivity contribution is 0.0871. The van der Waals surface area contributed by atoms with Gasteiger partial charge in [-0.2, -0.15) is 10.2 Å². The maximum absolute atomic E-state index is 12.8. The number of carbonyl (C=O) groups excluding carboxylic acids is 1. The fourth-order valence-corrected chi connectivity index (χ4v) is 3.79. The van der Waals surface area contributed by atoms with Gasteiger partial charge in [-0.15, -0.1) is 0 Å². The van der Waals surface area contributed by atoms with Gasteiger partial charge in [0.1, 0.15) is 0 Å². The van der Waals surface area contributed by atoms with Gasteiger partial charge in [0.2, 0.25) is 0 Å². The minimum atomic E-state index is -0.534. The Balaban J connectivity index is 1.42. The molecule has 1 amide bonds. The molecule has 0 radical (unpaired) electrons. The topological polar surface area (TPSA) is 85.0 Å². The van der Waals surface area contributed by atoms with Gasteiger partial charge in [-0.3, -0.25) is 14.2 Å². The summed E-state index contributed by atoms with van der Waals surface area (Å²) >= 11 is 0. The van der Waals surface area contributed by atoms with Gasteiger partial charge in [-0.25, -0.2) is 0 Å². The van der Waals surface area contributed by atoms with Gasteiger partial charge >= 0.3 is 0 Å². The first kappa shape index (κ1) is 17.5. The Morgan fingerprint density at radius 1 is 1.07 bits per heavy atom. The standard InChI is InChI=1S/C20H23N5O2/c26-19-12-15(13-24-9-3-7-21-24)11-18(19)23-20(27)17-6-2-1-5-16(17)14-25-10-4-8-22-25/h1-10,15,18-19,26H,11-14H2,(H,23,27)/t15?,18-,19-/m1/s1. The maximum atomic E-state index is 12.8.